The minimum absolute atomic E-state index is 0.638. The lowest BCUT2D eigenvalue weighted by molar-refractivity contribution is -0.490. The molecule has 1 aromatic carbocycles. The van der Waals surface area contributed by atoms with Gasteiger partial charge in [-0.2, -0.15) is 5.43 Å². The highest BCUT2D eigenvalue weighted by Crippen LogP contribution is 2.13. The molecule has 6 heteroatoms. The van der Waals surface area contributed by atoms with Crippen LogP contribution < -0.4 is 10.9 Å². The highest BCUT2D eigenvalue weighted by molar-refractivity contribution is 6.01. The van der Waals surface area contributed by atoms with Crippen LogP contribution in [0.3, 0.4) is 0 Å². The Morgan fingerprint density at radius 2 is 1.38 bits per heavy atom. The Balaban J connectivity index is 1.79. The molecule has 0 saturated carbocycles. The van der Waals surface area contributed by atoms with Gasteiger partial charge in [0.25, 0.3) is 0 Å². The zero-order valence-electron chi connectivity index (χ0n) is 12.8. The van der Waals surface area contributed by atoms with E-state index in [9.17, 15) is 0 Å². The van der Waals surface area contributed by atoms with Crippen LogP contribution in [0.25, 0.3) is 0 Å². The molecule has 0 radical (unpaired) electrons. The van der Waals surface area contributed by atoms with Gasteiger partial charge in [0.2, 0.25) is 5.84 Å². The summed E-state index contributed by atoms with van der Waals surface area (Å²) in [5, 5.41) is 4.41. The number of nitrogens with zero attached hydrogens (tertiary/aromatic N) is 4. The van der Waals surface area contributed by atoms with Gasteiger partial charge in [-0.3, -0.25) is 4.98 Å². The second-order valence-corrected chi connectivity index (χ2v) is 5.13. The minimum atomic E-state index is 0.638. The summed E-state index contributed by atoms with van der Waals surface area (Å²) in [5.41, 5.74) is 8.93. The first-order chi connectivity index (χ1) is 11.9. The van der Waals surface area contributed by atoms with Crippen LogP contribution in [0.4, 0.5) is 5.69 Å². The Kier molecular flexibility index (Phi) is 3.69. The number of rotatable bonds is 3. The van der Waals surface area contributed by atoms with Gasteiger partial charge in [0, 0.05) is 12.4 Å². The molecule has 0 aliphatic carbocycles. The molecule has 6 nitrogen and oxygen atoms in total. The Morgan fingerprint density at radius 1 is 0.708 bits per heavy atom. The molecule has 4 rings (SSSR count). The van der Waals surface area contributed by atoms with Crippen molar-refractivity contribution >= 4 is 17.4 Å². The number of aromatic nitrogens is 2. The molecule has 0 saturated heterocycles. The van der Waals surface area contributed by atoms with Crippen LogP contribution in [-0.4, -0.2) is 26.3 Å². The van der Waals surface area contributed by atoms with Crippen LogP contribution in [0.15, 0.2) is 84.2 Å². The molecule has 116 valence electrons. The average Bonchev–Trinajstić information content (AvgIpc) is 2.69. The fourth-order valence-corrected chi connectivity index (χ4v) is 2.41. The van der Waals surface area contributed by atoms with Gasteiger partial charge >= 0.3 is 5.84 Å². The van der Waals surface area contributed by atoms with E-state index in [0.717, 1.165) is 22.9 Å². The molecule has 2 aromatic heterocycles. The second kappa shape index (κ2) is 6.29. The highest BCUT2D eigenvalue weighted by Gasteiger charge is 2.26. The summed E-state index contributed by atoms with van der Waals surface area (Å²) in [6.07, 6.45) is 3.50. The quantitative estimate of drug-likeness (QED) is 0.726. The molecule has 0 unspecified atom stereocenters. The molecule has 3 heterocycles. The molecule has 0 amide bonds. The summed E-state index contributed by atoms with van der Waals surface area (Å²) >= 11 is 0. The maximum absolute atomic E-state index is 4.41. The van der Waals surface area contributed by atoms with Crippen molar-refractivity contribution in [2.24, 2.45) is 5.10 Å². The van der Waals surface area contributed by atoms with Crippen molar-refractivity contribution in [1.29, 1.82) is 0 Å². The van der Waals surface area contributed by atoms with Gasteiger partial charge in [-0.1, -0.05) is 35.4 Å². The van der Waals surface area contributed by atoms with Crippen LogP contribution in [0.1, 0.15) is 11.4 Å². The Labute approximate surface area is 139 Å². The van der Waals surface area contributed by atoms with E-state index in [4.69, 9.17) is 0 Å². The fraction of sp³-hybridized carbons (Fsp3) is 0. The zero-order chi connectivity index (χ0) is 16.2. The van der Waals surface area contributed by atoms with Crippen molar-refractivity contribution < 1.29 is 4.68 Å². The second-order valence-electron chi connectivity index (χ2n) is 5.13. The molecule has 0 bridgehead atoms. The van der Waals surface area contributed by atoms with Crippen LogP contribution in [-0.2, 0) is 0 Å². The van der Waals surface area contributed by atoms with Gasteiger partial charge in [-0.25, -0.2) is 4.98 Å². The summed E-state index contributed by atoms with van der Waals surface area (Å²) in [6.45, 7) is 0. The molecule has 0 fully saturated rings. The largest absolute Gasteiger partial charge is 0.350 e. The van der Waals surface area contributed by atoms with E-state index in [0.29, 0.717) is 5.84 Å². The number of amidine groups is 2. The van der Waals surface area contributed by atoms with Crippen molar-refractivity contribution in [3.05, 3.63) is 90.5 Å². The Hall–Kier alpha value is -3.54. The zero-order valence-corrected chi connectivity index (χ0v) is 12.8. The maximum Gasteiger partial charge on any atom is 0.350 e. The van der Waals surface area contributed by atoms with Gasteiger partial charge in [0.05, 0.1) is 0 Å². The van der Waals surface area contributed by atoms with E-state index in [2.05, 4.69) is 25.9 Å². The monoisotopic (exact) mass is 315 g/mol. The van der Waals surface area contributed by atoms with Crippen molar-refractivity contribution in [2.75, 3.05) is 0 Å². The number of para-hydroxylation sites is 1. The first-order valence-electron chi connectivity index (χ1n) is 7.57. The number of hydrogen-bond acceptors (Lipinski definition) is 5. The Morgan fingerprint density at radius 3 is 2.04 bits per heavy atom. The number of hydrogen-bond donors (Lipinski definition) is 2. The summed E-state index contributed by atoms with van der Waals surface area (Å²) in [6, 6.07) is 21.4. The molecular formula is C18H15N6+. The minimum Gasteiger partial charge on any atom is -0.253 e. The number of hydrazine groups is 1. The predicted molar refractivity (Wildman–Crippen MR) is 91.8 cm³/mol. The summed E-state index contributed by atoms with van der Waals surface area (Å²) in [5.74, 6) is 1.39. The van der Waals surface area contributed by atoms with E-state index < -0.39 is 0 Å². The fourth-order valence-electron chi connectivity index (χ4n) is 2.41. The van der Waals surface area contributed by atoms with Crippen LogP contribution >= 0.6 is 0 Å². The van der Waals surface area contributed by atoms with Gasteiger partial charge in [0.1, 0.15) is 5.69 Å². The van der Waals surface area contributed by atoms with E-state index in [1.54, 1.807) is 12.4 Å². The average molecular weight is 315 g/mol. The van der Waals surface area contributed by atoms with Crippen molar-refractivity contribution in [1.82, 2.24) is 20.8 Å². The lowest BCUT2D eigenvalue weighted by atomic mass is 10.3. The molecule has 0 spiro atoms. The van der Waals surface area contributed by atoms with E-state index >= 15 is 0 Å². The summed E-state index contributed by atoms with van der Waals surface area (Å²) in [4.78, 5) is 8.75. The maximum atomic E-state index is 4.41. The lowest BCUT2D eigenvalue weighted by Gasteiger charge is -2.17. The van der Waals surface area contributed by atoms with Gasteiger partial charge in [-0.15, -0.1) is 10.1 Å². The number of pyridine rings is 2. The molecule has 3 aromatic rings. The number of benzene rings is 1. The third kappa shape index (κ3) is 2.72. The SMILES string of the molecule is c1ccc([N+]2=C(c3ccccn3)NN=C(c3ccccn3)N2)cc1. The number of nitrogens with one attached hydrogen (secondary N) is 2. The topological polar surface area (TPSA) is 65.2 Å². The molecule has 1 aliphatic heterocycles. The van der Waals surface area contributed by atoms with Gasteiger partial charge in [-0.05, 0) is 36.4 Å². The van der Waals surface area contributed by atoms with E-state index in [1.807, 2.05) is 71.4 Å². The molecular weight excluding hydrogens is 300 g/mol. The van der Waals surface area contributed by atoms with Crippen molar-refractivity contribution in [2.45, 2.75) is 0 Å². The third-order valence-corrected chi connectivity index (χ3v) is 3.54. The first-order valence-corrected chi connectivity index (χ1v) is 7.57. The standard InChI is InChI=1S/C18H14N6/c1-2-8-14(9-3-1)24-18(16-11-5-7-13-20-16)22-21-17(23-24)15-10-4-6-12-19-15/h1-13H,(H,20,21,23)/p+1. The number of hydrazone groups is 2. The summed E-state index contributed by atoms with van der Waals surface area (Å²) < 4.78 is 1.92. The van der Waals surface area contributed by atoms with Gasteiger partial charge < -0.3 is 0 Å². The summed E-state index contributed by atoms with van der Waals surface area (Å²) in [7, 11) is 0. The van der Waals surface area contributed by atoms with Crippen molar-refractivity contribution in [3.63, 3.8) is 0 Å². The molecule has 24 heavy (non-hydrogen) atoms. The highest BCUT2D eigenvalue weighted by atomic mass is 15.6. The smallest absolute Gasteiger partial charge is 0.253 e. The third-order valence-electron chi connectivity index (χ3n) is 3.54. The molecule has 2 N–H and O–H groups in total. The predicted octanol–water partition coefficient (Wildman–Crippen LogP) is 2.04. The molecule has 1 aliphatic rings. The van der Waals surface area contributed by atoms with Crippen LogP contribution in [0.2, 0.25) is 0 Å². The van der Waals surface area contributed by atoms with Crippen molar-refractivity contribution in [3.8, 4) is 0 Å². The molecule has 0 atom stereocenters. The van der Waals surface area contributed by atoms with Gasteiger partial charge in [0.15, 0.2) is 11.4 Å². The Bertz CT molecular complexity index is 889. The van der Waals surface area contributed by atoms with E-state index in [-0.39, 0.29) is 0 Å². The van der Waals surface area contributed by atoms with E-state index in [1.165, 1.54) is 0 Å². The lowest BCUT2D eigenvalue weighted by Crippen LogP contribution is -2.47. The van der Waals surface area contributed by atoms with Crippen LogP contribution in [0, 0.1) is 0 Å². The van der Waals surface area contributed by atoms with Crippen LogP contribution in [0.5, 0.6) is 0 Å². The first kappa shape index (κ1) is 14.1. The normalized spacial score (nSPS) is 13.8.